The third kappa shape index (κ3) is 2.13. The minimum Gasteiger partial charge on any atom is -0.393 e. The zero-order chi connectivity index (χ0) is 9.97. The highest BCUT2D eigenvalue weighted by atomic mass is 35.5. The van der Waals surface area contributed by atoms with Gasteiger partial charge in [0.15, 0.2) is 0 Å². The van der Waals surface area contributed by atoms with Crippen molar-refractivity contribution in [3.8, 4) is 0 Å². The molecule has 1 fully saturated rings. The molecular weight excluding hydrogens is 202 g/mol. The van der Waals surface area contributed by atoms with Crippen LogP contribution in [0, 0.1) is 0 Å². The molecule has 0 saturated carbocycles. The summed E-state index contributed by atoms with van der Waals surface area (Å²) >= 11 is 5.77. The molecule has 0 amide bonds. The number of hydrogen-bond acceptors (Lipinski definition) is 4. The second-order valence-electron chi connectivity index (χ2n) is 3.40. The molecule has 0 aromatic carbocycles. The normalized spacial score (nSPS) is 18.6. The van der Waals surface area contributed by atoms with Crippen LogP contribution in [0.25, 0.3) is 0 Å². The topological polar surface area (TPSA) is 49.2 Å². The molecule has 0 spiro atoms. The van der Waals surface area contributed by atoms with E-state index in [4.69, 9.17) is 11.6 Å². The third-order valence-electron chi connectivity index (χ3n) is 2.36. The molecule has 1 aliphatic heterocycles. The fourth-order valence-electron chi connectivity index (χ4n) is 1.55. The molecule has 5 heteroatoms. The van der Waals surface area contributed by atoms with Crippen LogP contribution in [-0.2, 0) is 0 Å². The van der Waals surface area contributed by atoms with Gasteiger partial charge < -0.3 is 10.0 Å². The van der Waals surface area contributed by atoms with Gasteiger partial charge >= 0.3 is 0 Å². The zero-order valence-electron chi connectivity index (χ0n) is 7.73. The van der Waals surface area contributed by atoms with Crippen LogP contribution in [0.1, 0.15) is 12.8 Å². The molecule has 1 aromatic heterocycles. The van der Waals surface area contributed by atoms with Gasteiger partial charge in [-0.2, -0.15) is 0 Å². The Balaban J connectivity index is 2.08. The summed E-state index contributed by atoms with van der Waals surface area (Å²) < 4.78 is 0. The Morgan fingerprint density at radius 2 is 2.14 bits per heavy atom. The van der Waals surface area contributed by atoms with E-state index in [1.807, 2.05) is 4.90 Å². The van der Waals surface area contributed by atoms with Gasteiger partial charge in [-0.1, -0.05) is 11.6 Å². The number of halogens is 1. The van der Waals surface area contributed by atoms with Gasteiger partial charge in [0.05, 0.1) is 6.10 Å². The molecule has 1 aromatic rings. The summed E-state index contributed by atoms with van der Waals surface area (Å²) in [4.78, 5) is 10.3. The van der Waals surface area contributed by atoms with Crippen molar-refractivity contribution in [2.45, 2.75) is 18.9 Å². The van der Waals surface area contributed by atoms with Gasteiger partial charge in [0.25, 0.3) is 0 Å². The predicted molar refractivity (Wildman–Crippen MR) is 54.5 cm³/mol. The molecule has 1 N–H and O–H groups in total. The third-order valence-corrected chi connectivity index (χ3v) is 2.57. The summed E-state index contributed by atoms with van der Waals surface area (Å²) in [6, 6.07) is 1.66. The number of piperidine rings is 1. The van der Waals surface area contributed by atoms with E-state index in [1.165, 1.54) is 0 Å². The second kappa shape index (κ2) is 4.11. The van der Waals surface area contributed by atoms with Gasteiger partial charge in [-0.05, 0) is 18.9 Å². The van der Waals surface area contributed by atoms with Gasteiger partial charge in [-0.3, -0.25) is 0 Å². The fourth-order valence-corrected chi connectivity index (χ4v) is 1.68. The van der Waals surface area contributed by atoms with E-state index in [0.29, 0.717) is 11.1 Å². The van der Waals surface area contributed by atoms with E-state index < -0.39 is 0 Å². The first kappa shape index (κ1) is 9.68. The van der Waals surface area contributed by atoms with Crippen molar-refractivity contribution in [1.82, 2.24) is 9.97 Å². The Morgan fingerprint density at radius 3 is 2.79 bits per heavy atom. The largest absolute Gasteiger partial charge is 0.393 e. The summed E-state index contributed by atoms with van der Waals surface area (Å²) in [6.07, 6.45) is 3.02. The minimum absolute atomic E-state index is 0.176. The first-order chi connectivity index (χ1) is 6.75. The number of aromatic nitrogens is 2. The first-order valence-electron chi connectivity index (χ1n) is 4.67. The molecule has 76 valence electrons. The van der Waals surface area contributed by atoms with E-state index in [0.717, 1.165) is 25.9 Å². The predicted octanol–water partition coefficient (Wildman–Crippen LogP) is 1.09. The van der Waals surface area contributed by atoms with E-state index in [1.54, 1.807) is 12.3 Å². The molecule has 0 radical (unpaired) electrons. The lowest BCUT2D eigenvalue weighted by Crippen LogP contribution is -2.36. The number of rotatable bonds is 1. The van der Waals surface area contributed by atoms with Crippen molar-refractivity contribution in [3.05, 3.63) is 17.4 Å². The SMILES string of the molecule is OC1CCN(c2nccc(Cl)n2)CC1. The Bertz CT molecular complexity index is 313. The lowest BCUT2D eigenvalue weighted by atomic mass is 10.1. The summed E-state index contributed by atoms with van der Waals surface area (Å²) in [5, 5.41) is 9.79. The second-order valence-corrected chi connectivity index (χ2v) is 3.78. The van der Waals surface area contributed by atoms with Crippen molar-refractivity contribution in [3.63, 3.8) is 0 Å². The molecule has 4 nitrogen and oxygen atoms in total. The van der Waals surface area contributed by atoms with Crippen LogP contribution in [0.3, 0.4) is 0 Å². The van der Waals surface area contributed by atoms with E-state index >= 15 is 0 Å². The van der Waals surface area contributed by atoms with Crippen LogP contribution in [0.15, 0.2) is 12.3 Å². The van der Waals surface area contributed by atoms with Gasteiger partial charge in [0.2, 0.25) is 5.95 Å². The smallest absolute Gasteiger partial charge is 0.226 e. The van der Waals surface area contributed by atoms with Crippen molar-refractivity contribution >= 4 is 17.5 Å². The van der Waals surface area contributed by atoms with E-state index in [9.17, 15) is 5.11 Å². The summed E-state index contributed by atoms with van der Waals surface area (Å²) in [5.74, 6) is 0.657. The lowest BCUT2D eigenvalue weighted by molar-refractivity contribution is 0.145. The van der Waals surface area contributed by atoms with Crippen molar-refractivity contribution in [2.75, 3.05) is 18.0 Å². The Labute approximate surface area is 87.5 Å². The van der Waals surface area contributed by atoms with Crippen LogP contribution in [0.5, 0.6) is 0 Å². The van der Waals surface area contributed by atoms with Gasteiger partial charge in [-0.25, -0.2) is 9.97 Å². The molecule has 0 atom stereocenters. The number of nitrogens with zero attached hydrogens (tertiary/aromatic N) is 3. The highest BCUT2D eigenvalue weighted by Crippen LogP contribution is 2.16. The highest BCUT2D eigenvalue weighted by Gasteiger charge is 2.18. The summed E-state index contributed by atoms with van der Waals surface area (Å²) in [5.41, 5.74) is 0. The Hall–Kier alpha value is -0.870. The molecule has 14 heavy (non-hydrogen) atoms. The summed E-state index contributed by atoms with van der Waals surface area (Å²) in [6.45, 7) is 1.59. The van der Waals surface area contributed by atoms with Crippen LogP contribution in [0.4, 0.5) is 5.95 Å². The number of hydrogen-bond donors (Lipinski definition) is 1. The van der Waals surface area contributed by atoms with Crippen LogP contribution in [-0.4, -0.2) is 34.3 Å². The first-order valence-corrected chi connectivity index (χ1v) is 5.05. The minimum atomic E-state index is -0.176. The quantitative estimate of drug-likeness (QED) is 0.710. The summed E-state index contributed by atoms with van der Waals surface area (Å²) in [7, 11) is 0. The molecule has 2 rings (SSSR count). The molecule has 0 bridgehead atoms. The molecule has 1 aliphatic rings. The molecule has 1 saturated heterocycles. The van der Waals surface area contributed by atoms with Crippen molar-refractivity contribution in [2.24, 2.45) is 0 Å². The van der Waals surface area contributed by atoms with Crippen LogP contribution in [0.2, 0.25) is 5.15 Å². The maximum Gasteiger partial charge on any atom is 0.226 e. The zero-order valence-corrected chi connectivity index (χ0v) is 8.48. The molecule has 0 aliphatic carbocycles. The van der Waals surface area contributed by atoms with E-state index in [-0.39, 0.29) is 6.10 Å². The number of aliphatic hydroxyl groups excluding tert-OH is 1. The number of anilines is 1. The van der Waals surface area contributed by atoms with Crippen LogP contribution < -0.4 is 4.90 Å². The average Bonchev–Trinajstić information content (AvgIpc) is 2.19. The van der Waals surface area contributed by atoms with Crippen molar-refractivity contribution in [1.29, 1.82) is 0 Å². The molecule has 0 unspecified atom stereocenters. The monoisotopic (exact) mass is 213 g/mol. The maximum absolute atomic E-state index is 9.33. The van der Waals surface area contributed by atoms with Gasteiger partial charge in [0.1, 0.15) is 5.15 Å². The average molecular weight is 214 g/mol. The Kier molecular flexibility index (Phi) is 2.84. The lowest BCUT2D eigenvalue weighted by Gasteiger charge is -2.29. The van der Waals surface area contributed by atoms with Gasteiger partial charge in [-0.15, -0.1) is 0 Å². The van der Waals surface area contributed by atoms with E-state index in [2.05, 4.69) is 9.97 Å². The maximum atomic E-state index is 9.33. The molecular formula is C9H12ClN3O. The highest BCUT2D eigenvalue weighted by molar-refractivity contribution is 6.29. The van der Waals surface area contributed by atoms with Gasteiger partial charge in [0, 0.05) is 19.3 Å². The van der Waals surface area contributed by atoms with Crippen LogP contribution >= 0.6 is 11.6 Å². The number of aliphatic hydroxyl groups is 1. The standard InChI is InChI=1S/C9H12ClN3O/c10-8-1-4-11-9(12-8)13-5-2-7(14)3-6-13/h1,4,7,14H,2-3,5-6H2. The Morgan fingerprint density at radius 1 is 1.43 bits per heavy atom. The van der Waals surface area contributed by atoms with Crippen molar-refractivity contribution < 1.29 is 5.11 Å². The molecule has 2 heterocycles. The fraction of sp³-hybridized carbons (Fsp3) is 0.556.